The molecule has 0 aromatic heterocycles. The lowest BCUT2D eigenvalue weighted by Crippen LogP contribution is -2.21. The van der Waals surface area contributed by atoms with Crippen LogP contribution in [0.4, 0.5) is 4.39 Å². The Morgan fingerprint density at radius 3 is 2.59 bits per heavy atom. The minimum Gasteiger partial charge on any atom is -0.464 e. The van der Waals surface area contributed by atoms with E-state index < -0.39 is 24.4 Å². The van der Waals surface area contributed by atoms with Gasteiger partial charge in [-0.1, -0.05) is 37.4 Å². The van der Waals surface area contributed by atoms with E-state index in [1.54, 1.807) is 0 Å². The summed E-state index contributed by atoms with van der Waals surface area (Å²) in [6.45, 7) is 1.49. The second kappa shape index (κ2) is 10.1. The third-order valence-electron chi connectivity index (χ3n) is 2.59. The van der Waals surface area contributed by atoms with Gasteiger partial charge >= 0.3 is 11.9 Å². The number of unbranched alkanes of at least 4 members (excludes halogenated alkanes) is 2. The average molecular weight is 333 g/mol. The summed E-state index contributed by atoms with van der Waals surface area (Å²) in [5.41, 5.74) is 0. The first-order valence-electron chi connectivity index (χ1n) is 6.92. The molecule has 22 heavy (non-hydrogen) atoms. The third-order valence-corrected chi connectivity index (χ3v) is 2.88. The summed E-state index contributed by atoms with van der Waals surface area (Å²) in [6, 6.07) is 3.89. The van der Waals surface area contributed by atoms with Gasteiger partial charge in [0.25, 0.3) is 0 Å². The minimum absolute atomic E-state index is 0.0244. The van der Waals surface area contributed by atoms with Crippen molar-refractivity contribution in [2.45, 2.75) is 26.2 Å². The molecule has 0 heterocycles. The number of ether oxygens (including phenoxy) is 3. The number of benzene rings is 1. The van der Waals surface area contributed by atoms with E-state index in [4.69, 9.17) is 25.8 Å². The maximum Gasteiger partial charge on any atom is 0.337 e. The van der Waals surface area contributed by atoms with Gasteiger partial charge in [0, 0.05) is 0 Å². The van der Waals surface area contributed by atoms with E-state index in [9.17, 15) is 14.0 Å². The molecule has 0 saturated heterocycles. The monoisotopic (exact) mass is 332 g/mol. The lowest BCUT2D eigenvalue weighted by atomic mass is 10.3. The second-order valence-corrected chi connectivity index (χ2v) is 4.85. The van der Waals surface area contributed by atoms with Crippen LogP contribution in [0.3, 0.4) is 0 Å². The van der Waals surface area contributed by atoms with E-state index in [2.05, 4.69) is 0 Å². The fraction of sp³-hybridized carbons (Fsp3) is 0.467. The first-order valence-corrected chi connectivity index (χ1v) is 7.30. The highest BCUT2D eigenvalue weighted by Gasteiger charge is 2.14. The molecule has 0 spiro atoms. The Hall–Kier alpha value is -1.66. The van der Waals surface area contributed by atoms with Crippen LogP contribution in [0.2, 0.25) is 5.02 Å². The standard InChI is InChI=1S/C15H18ClFO5/c1-2-3-4-8-21-13(18)9-20-10-14(19)22-15-11(16)6-5-7-12(15)17/h5-7H,2-4,8-10H2,1H3. The quantitative estimate of drug-likeness (QED) is 0.395. The summed E-state index contributed by atoms with van der Waals surface area (Å²) >= 11 is 5.71. The highest BCUT2D eigenvalue weighted by molar-refractivity contribution is 6.32. The van der Waals surface area contributed by atoms with Crippen molar-refractivity contribution in [3.63, 3.8) is 0 Å². The van der Waals surface area contributed by atoms with E-state index >= 15 is 0 Å². The maximum absolute atomic E-state index is 13.4. The van der Waals surface area contributed by atoms with Crippen molar-refractivity contribution in [3.05, 3.63) is 29.0 Å². The van der Waals surface area contributed by atoms with E-state index in [1.165, 1.54) is 12.1 Å². The largest absolute Gasteiger partial charge is 0.464 e. The van der Waals surface area contributed by atoms with Crippen molar-refractivity contribution in [3.8, 4) is 5.75 Å². The fourth-order valence-electron chi connectivity index (χ4n) is 1.52. The number of para-hydroxylation sites is 1. The van der Waals surface area contributed by atoms with Crippen molar-refractivity contribution in [1.29, 1.82) is 0 Å². The van der Waals surface area contributed by atoms with Gasteiger partial charge in [-0.15, -0.1) is 0 Å². The number of hydrogen-bond donors (Lipinski definition) is 0. The summed E-state index contributed by atoms with van der Waals surface area (Å²) in [6.07, 6.45) is 2.79. The number of carbonyl (C=O) groups excluding carboxylic acids is 2. The molecule has 0 saturated carbocycles. The number of rotatable bonds is 9. The maximum atomic E-state index is 13.4. The second-order valence-electron chi connectivity index (χ2n) is 4.45. The molecule has 0 unspecified atom stereocenters. The number of esters is 2. The Morgan fingerprint density at radius 2 is 1.91 bits per heavy atom. The Balaban J connectivity index is 2.25. The van der Waals surface area contributed by atoms with E-state index in [1.807, 2.05) is 6.92 Å². The normalized spacial score (nSPS) is 10.3. The van der Waals surface area contributed by atoms with Crippen LogP contribution in [-0.2, 0) is 19.1 Å². The molecule has 122 valence electrons. The zero-order chi connectivity index (χ0) is 16.4. The zero-order valence-corrected chi connectivity index (χ0v) is 13.0. The topological polar surface area (TPSA) is 61.8 Å². The number of carbonyl (C=O) groups is 2. The van der Waals surface area contributed by atoms with Crippen molar-refractivity contribution in [2.75, 3.05) is 19.8 Å². The highest BCUT2D eigenvalue weighted by Crippen LogP contribution is 2.27. The Labute approximate surface area is 133 Å². The van der Waals surface area contributed by atoms with Crippen molar-refractivity contribution in [1.82, 2.24) is 0 Å². The summed E-state index contributed by atoms with van der Waals surface area (Å²) < 4.78 is 27.9. The van der Waals surface area contributed by atoms with Crippen LogP contribution < -0.4 is 4.74 Å². The smallest absolute Gasteiger partial charge is 0.337 e. The summed E-state index contributed by atoms with van der Waals surface area (Å²) in [5.74, 6) is -2.53. The number of halogens is 2. The van der Waals surface area contributed by atoms with Gasteiger partial charge in [-0.25, -0.2) is 14.0 Å². The van der Waals surface area contributed by atoms with Gasteiger partial charge in [0.05, 0.1) is 11.6 Å². The summed E-state index contributed by atoms with van der Waals surface area (Å²) in [4.78, 5) is 22.7. The average Bonchev–Trinajstić information content (AvgIpc) is 2.48. The SMILES string of the molecule is CCCCCOC(=O)COCC(=O)Oc1c(F)cccc1Cl. The van der Waals surface area contributed by atoms with Gasteiger partial charge in [-0.05, 0) is 18.6 Å². The molecule has 1 rings (SSSR count). The first kappa shape index (κ1) is 18.4. The van der Waals surface area contributed by atoms with Crippen LogP contribution in [0, 0.1) is 5.82 Å². The molecule has 7 heteroatoms. The van der Waals surface area contributed by atoms with Crippen LogP contribution in [0.1, 0.15) is 26.2 Å². The van der Waals surface area contributed by atoms with Crippen molar-refractivity contribution < 1.29 is 28.2 Å². The minimum atomic E-state index is -0.856. The predicted molar refractivity (Wildman–Crippen MR) is 78.3 cm³/mol. The van der Waals surface area contributed by atoms with Crippen LogP contribution >= 0.6 is 11.6 Å². The molecule has 0 N–H and O–H groups in total. The molecule has 0 aliphatic rings. The molecular weight excluding hydrogens is 315 g/mol. The van der Waals surface area contributed by atoms with E-state index in [-0.39, 0.29) is 17.4 Å². The summed E-state index contributed by atoms with van der Waals surface area (Å²) in [7, 11) is 0. The van der Waals surface area contributed by atoms with Crippen molar-refractivity contribution >= 4 is 23.5 Å². The van der Waals surface area contributed by atoms with Crippen LogP contribution in [0.25, 0.3) is 0 Å². The molecular formula is C15H18ClFO5. The lowest BCUT2D eigenvalue weighted by Gasteiger charge is -2.08. The Kier molecular flexibility index (Phi) is 8.47. The third kappa shape index (κ3) is 6.87. The van der Waals surface area contributed by atoms with Gasteiger partial charge in [0.15, 0.2) is 11.6 Å². The Morgan fingerprint density at radius 1 is 1.18 bits per heavy atom. The predicted octanol–water partition coefficient (Wildman–Crippen LogP) is 3.13. The van der Waals surface area contributed by atoms with Gasteiger partial charge in [-0.3, -0.25) is 0 Å². The van der Waals surface area contributed by atoms with Gasteiger partial charge in [0.2, 0.25) is 0 Å². The molecule has 1 aromatic carbocycles. The molecule has 0 bridgehead atoms. The molecule has 0 radical (unpaired) electrons. The zero-order valence-electron chi connectivity index (χ0n) is 12.3. The van der Waals surface area contributed by atoms with Gasteiger partial charge < -0.3 is 14.2 Å². The van der Waals surface area contributed by atoms with Gasteiger partial charge in [0.1, 0.15) is 13.2 Å². The molecule has 0 aliphatic heterocycles. The Bertz CT molecular complexity index is 486. The van der Waals surface area contributed by atoms with Crippen LogP contribution in [-0.4, -0.2) is 31.8 Å². The molecule has 0 atom stereocenters. The molecule has 0 fully saturated rings. The molecule has 0 amide bonds. The molecule has 1 aromatic rings. The van der Waals surface area contributed by atoms with Gasteiger partial charge in [-0.2, -0.15) is 0 Å². The van der Waals surface area contributed by atoms with E-state index in [0.717, 1.165) is 25.3 Å². The summed E-state index contributed by atoms with van der Waals surface area (Å²) in [5, 5.41) is -0.0244. The highest BCUT2D eigenvalue weighted by atomic mass is 35.5. The fourth-order valence-corrected chi connectivity index (χ4v) is 1.72. The van der Waals surface area contributed by atoms with Crippen LogP contribution in [0.15, 0.2) is 18.2 Å². The van der Waals surface area contributed by atoms with Crippen LogP contribution in [0.5, 0.6) is 5.75 Å². The molecule has 0 aliphatic carbocycles. The van der Waals surface area contributed by atoms with Crippen molar-refractivity contribution in [2.24, 2.45) is 0 Å². The first-order chi connectivity index (χ1) is 10.5. The molecule has 5 nitrogen and oxygen atoms in total. The van der Waals surface area contributed by atoms with E-state index in [0.29, 0.717) is 6.61 Å². The lowest BCUT2D eigenvalue weighted by molar-refractivity contribution is -0.152. The number of hydrogen-bond acceptors (Lipinski definition) is 5.